The first-order valence-corrected chi connectivity index (χ1v) is 8.80. The van der Waals surface area contributed by atoms with E-state index < -0.39 is 0 Å². The lowest BCUT2D eigenvalue weighted by atomic mass is 9.84. The summed E-state index contributed by atoms with van der Waals surface area (Å²) in [4.78, 5) is 5.41. The molecule has 0 saturated carbocycles. The van der Waals surface area contributed by atoms with Crippen molar-refractivity contribution in [2.75, 3.05) is 32.7 Å². The molecule has 3 heteroatoms. The van der Waals surface area contributed by atoms with Crippen LogP contribution in [0.4, 0.5) is 0 Å². The van der Waals surface area contributed by atoms with Gasteiger partial charge in [-0.25, -0.2) is 0 Å². The van der Waals surface area contributed by atoms with E-state index in [0.29, 0.717) is 6.04 Å². The van der Waals surface area contributed by atoms with Crippen LogP contribution >= 0.6 is 0 Å². The van der Waals surface area contributed by atoms with Gasteiger partial charge in [-0.1, -0.05) is 13.3 Å². The van der Waals surface area contributed by atoms with E-state index in [1.807, 2.05) is 0 Å². The van der Waals surface area contributed by atoms with Gasteiger partial charge in [-0.3, -0.25) is 4.90 Å². The highest BCUT2D eigenvalue weighted by Crippen LogP contribution is 2.33. The minimum absolute atomic E-state index is 0.289. The summed E-state index contributed by atoms with van der Waals surface area (Å²) >= 11 is 0. The van der Waals surface area contributed by atoms with Crippen LogP contribution in [-0.2, 0) is 0 Å². The molecule has 2 aliphatic rings. The number of nitrogens with two attached hydrogens (primary N) is 1. The van der Waals surface area contributed by atoms with E-state index in [0.717, 1.165) is 12.5 Å². The second-order valence-electron chi connectivity index (χ2n) is 7.27. The maximum Gasteiger partial charge on any atom is 0.0344 e. The molecule has 0 aromatic heterocycles. The summed E-state index contributed by atoms with van der Waals surface area (Å²) in [5.74, 6) is 0.900. The zero-order chi connectivity index (χ0) is 14.6. The molecule has 0 bridgehead atoms. The topological polar surface area (TPSA) is 32.5 Å². The molecule has 0 aliphatic carbocycles. The Balaban J connectivity index is 2.04. The number of hydrogen-bond acceptors (Lipinski definition) is 3. The van der Waals surface area contributed by atoms with E-state index in [2.05, 4.69) is 30.6 Å². The van der Waals surface area contributed by atoms with Crippen LogP contribution in [0.15, 0.2) is 0 Å². The Hall–Kier alpha value is -0.120. The highest BCUT2D eigenvalue weighted by Gasteiger charge is 2.39. The first-order chi connectivity index (χ1) is 9.61. The number of rotatable bonds is 4. The average molecular weight is 281 g/mol. The van der Waals surface area contributed by atoms with Gasteiger partial charge in [0.15, 0.2) is 0 Å². The zero-order valence-electron chi connectivity index (χ0n) is 13.9. The summed E-state index contributed by atoms with van der Waals surface area (Å²) in [5, 5.41) is 0. The first-order valence-electron chi connectivity index (χ1n) is 8.80. The predicted octanol–water partition coefficient (Wildman–Crippen LogP) is 2.70. The van der Waals surface area contributed by atoms with Gasteiger partial charge in [0.25, 0.3) is 0 Å². The molecule has 0 aromatic rings. The van der Waals surface area contributed by atoms with Gasteiger partial charge in [0.05, 0.1) is 0 Å². The van der Waals surface area contributed by atoms with Gasteiger partial charge in [0, 0.05) is 31.2 Å². The Labute approximate surface area is 125 Å². The fourth-order valence-corrected chi connectivity index (χ4v) is 4.19. The van der Waals surface area contributed by atoms with Gasteiger partial charge in [0.1, 0.15) is 0 Å². The molecule has 2 aliphatic heterocycles. The highest BCUT2D eigenvalue weighted by molar-refractivity contribution is 4.96. The smallest absolute Gasteiger partial charge is 0.0344 e. The summed E-state index contributed by atoms with van der Waals surface area (Å²) in [6.45, 7) is 12.9. The predicted molar refractivity (Wildman–Crippen MR) is 86.9 cm³/mol. The zero-order valence-corrected chi connectivity index (χ0v) is 13.9. The fourth-order valence-electron chi connectivity index (χ4n) is 4.19. The minimum atomic E-state index is 0.289. The summed E-state index contributed by atoms with van der Waals surface area (Å²) < 4.78 is 0. The van der Waals surface area contributed by atoms with Crippen molar-refractivity contribution in [3.8, 4) is 0 Å². The number of piperidine rings is 1. The van der Waals surface area contributed by atoms with Gasteiger partial charge in [-0.15, -0.1) is 0 Å². The Morgan fingerprint density at radius 1 is 1.15 bits per heavy atom. The van der Waals surface area contributed by atoms with E-state index in [-0.39, 0.29) is 5.54 Å². The number of hydrogen-bond donors (Lipinski definition) is 1. The summed E-state index contributed by atoms with van der Waals surface area (Å²) in [6, 6.07) is 0.674. The van der Waals surface area contributed by atoms with Crippen LogP contribution < -0.4 is 5.73 Å². The van der Waals surface area contributed by atoms with Crippen molar-refractivity contribution < 1.29 is 0 Å². The molecule has 0 aromatic carbocycles. The van der Waals surface area contributed by atoms with Gasteiger partial charge >= 0.3 is 0 Å². The normalized spacial score (nSPS) is 34.4. The Morgan fingerprint density at radius 2 is 1.95 bits per heavy atom. The monoisotopic (exact) mass is 281 g/mol. The molecule has 2 rings (SSSR count). The summed E-state index contributed by atoms with van der Waals surface area (Å²) in [6.07, 6.45) is 7.99. The molecule has 0 spiro atoms. The molecule has 2 unspecified atom stereocenters. The minimum Gasteiger partial charge on any atom is -0.329 e. The van der Waals surface area contributed by atoms with Crippen molar-refractivity contribution in [2.45, 2.75) is 70.9 Å². The van der Waals surface area contributed by atoms with Crippen LogP contribution in [0.2, 0.25) is 0 Å². The van der Waals surface area contributed by atoms with E-state index in [9.17, 15) is 0 Å². The maximum atomic E-state index is 6.29. The fraction of sp³-hybridized carbons (Fsp3) is 1.00. The van der Waals surface area contributed by atoms with Crippen LogP contribution in [0.5, 0.6) is 0 Å². The van der Waals surface area contributed by atoms with E-state index in [1.165, 1.54) is 64.7 Å². The standard InChI is InChI=1S/C17H35N3/c1-4-16-7-5-11-20(13-16)17(14-18)8-6-10-19(12-9-17)15(2)3/h15-16H,4-14,18H2,1-3H3. The molecular weight excluding hydrogens is 246 g/mol. The Bertz CT molecular complexity index is 292. The molecule has 0 amide bonds. The lowest BCUT2D eigenvalue weighted by Gasteiger charge is -2.47. The molecule has 2 heterocycles. The van der Waals surface area contributed by atoms with Crippen molar-refractivity contribution in [3.63, 3.8) is 0 Å². The lowest BCUT2D eigenvalue weighted by Crippen LogP contribution is -2.57. The molecule has 2 fully saturated rings. The Kier molecular flexibility index (Phi) is 5.88. The second kappa shape index (κ2) is 7.24. The highest BCUT2D eigenvalue weighted by atomic mass is 15.2. The van der Waals surface area contributed by atoms with Crippen LogP contribution in [0.1, 0.15) is 59.3 Å². The van der Waals surface area contributed by atoms with E-state index in [1.54, 1.807) is 0 Å². The van der Waals surface area contributed by atoms with Crippen molar-refractivity contribution in [1.29, 1.82) is 0 Å². The molecule has 2 saturated heterocycles. The third kappa shape index (κ3) is 3.55. The van der Waals surface area contributed by atoms with Crippen molar-refractivity contribution in [1.82, 2.24) is 9.80 Å². The molecule has 0 radical (unpaired) electrons. The molecule has 2 atom stereocenters. The molecular formula is C17H35N3. The Morgan fingerprint density at radius 3 is 2.60 bits per heavy atom. The summed E-state index contributed by atoms with van der Waals surface area (Å²) in [7, 11) is 0. The summed E-state index contributed by atoms with van der Waals surface area (Å²) in [5.41, 5.74) is 6.58. The van der Waals surface area contributed by atoms with Gasteiger partial charge in [-0.2, -0.15) is 0 Å². The third-order valence-corrected chi connectivity index (χ3v) is 5.83. The van der Waals surface area contributed by atoms with Crippen LogP contribution in [0.3, 0.4) is 0 Å². The molecule has 2 N–H and O–H groups in total. The molecule has 3 nitrogen and oxygen atoms in total. The number of likely N-dealkylation sites (tertiary alicyclic amines) is 2. The third-order valence-electron chi connectivity index (χ3n) is 5.83. The van der Waals surface area contributed by atoms with Crippen LogP contribution in [0.25, 0.3) is 0 Å². The van der Waals surface area contributed by atoms with Gasteiger partial charge in [0.2, 0.25) is 0 Å². The molecule has 118 valence electrons. The van der Waals surface area contributed by atoms with E-state index in [4.69, 9.17) is 5.73 Å². The lowest BCUT2D eigenvalue weighted by molar-refractivity contribution is 0.0345. The second-order valence-corrected chi connectivity index (χ2v) is 7.27. The average Bonchev–Trinajstić information content (AvgIpc) is 2.71. The maximum absolute atomic E-state index is 6.29. The first kappa shape index (κ1) is 16.3. The van der Waals surface area contributed by atoms with Crippen LogP contribution in [-0.4, -0.2) is 54.1 Å². The largest absolute Gasteiger partial charge is 0.329 e. The van der Waals surface area contributed by atoms with Crippen molar-refractivity contribution >= 4 is 0 Å². The molecule has 20 heavy (non-hydrogen) atoms. The quantitative estimate of drug-likeness (QED) is 0.860. The number of nitrogens with zero attached hydrogens (tertiary/aromatic N) is 2. The van der Waals surface area contributed by atoms with Gasteiger partial charge in [-0.05, 0) is 65.0 Å². The van der Waals surface area contributed by atoms with Gasteiger partial charge < -0.3 is 10.6 Å². The van der Waals surface area contributed by atoms with Crippen molar-refractivity contribution in [3.05, 3.63) is 0 Å². The SMILES string of the molecule is CCC1CCCN(C2(CN)CCCN(C(C)C)CC2)C1. The van der Waals surface area contributed by atoms with E-state index >= 15 is 0 Å². The van der Waals surface area contributed by atoms with Crippen LogP contribution in [0, 0.1) is 5.92 Å². The van der Waals surface area contributed by atoms with Crippen molar-refractivity contribution in [2.24, 2.45) is 11.7 Å².